The summed E-state index contributed by atoms with van der Waals surface area (Å²) in [6.45, 7) is 0.0397. The number of carbonyl (C=O) groups is 2. The summed E-state index contributed by atoms with van der Waals surface area (Å²) in [5, 5.41) is 3.00. The molecule has 0 fully saturated rings. The molecule has 2 amide bonds. The lowest BCUT2D eigenvalue weighted by molar-refractivity contribution is -0.122. The molecule has 3 rings (SSSR count). The summed E-state index contributed by atoms with van der Waals surface area (Å²) in [5.74, 6) is 0.647. The van der Waals surface area contributed by atoms with Crippen LogP contribution >= 0.6 is 27.3 Å². The van der Waals surface area contributed by atoms with Gasteiger partial charge in [-0.15, -0.1) is 11.3 Å². The van der Waals surface area contributed by atoms with E-state index < -0.39 is 0 Å². The first-order valence-corrected chi connectivity index (χ1v) is 9.02. The molecule has 122 valence electrons. The Morgan fingerprint density at radius 3 is 3.00 bits per heavy atom. The SMILES string of the molecule is CN(CC(=O)NC1CCCc2occc21)C(=O)c1ccc(Br)s1. The molecule has 2 aromatic rings. The van der Waals surface area contributed by atoms with E-state index in [0.717, 1.165) is 34.4 Å². The van der Waals surface area contributed by atoms with Crippen LogP contribution in [0.5, 0.6) is 0 Å². The van der Waals surface area contributed by atoms with Gasteiger partial charge in [-0.3, -0.25) is 9.59 Å². The fourth-order valence-electron chi connectivity index (χ4n) is 2.78. The number of hydrogen-bond acceptors (Lipinski definition) is 4. The van der Waals surface area contributed by atoms with E-state index in [1.165, 1.54) is 16.2 Å². The molecule has 1 unspecified atom stereocenters. The Morgan fingerprint density at radius 1 is 1.43 bits per heavy atom. The van der Waals surface area contributed by atoms with Gasteiger partial charge in [0.2, 0.25) is 5.91 Å². The highest BCUT2D eigenvalue weighted by Gasteiger charge is 2.25. The normalized spacial score (nSPS) is 16.7. The number of halogens is 1. The molecule has 0 aliphatic heterocycles. The van der Waals surface area contributed by atoms with Crippen molar-refractivity contribution in [3.8, 4) is 0 Å². The van der Waals surface area contributed by atoms with E-state index in [-0.39, 0.29) is 24.4 Å². The van der Waals surface area contributed by atoms with Crippen molar-refractivity contribution in [2.75, 3.05) is 13.6 Å². The van der Waals surface area contributed by atoms with Gasteiger partial charge in [0, 0.05) is 19.0 Å². The van der Waals surface area contributed by atoms with Gasteiger partial charge in [0.1, 0.15) is 5.76 Å². The third-order valence-electron chi connectivity index (χ3n) is 3.90. The second-order valence-corrected chi connectivity index (χ2v) is 8.04. The standard InChI is InChI=1S/C16H17BrN2O3S/c1-19(16(21)13-5-6-14(17)23-13)9-15(20)18-11-3-2-4-12-10(11)7-8-22-12/h5-8,11H,2-4,9H2,1H3,(H,18,20). The number of furan rings is 1. The summed E-state index contributed by atoms with van der Waals surface area (Å²) in [7, 11) is 1.64. The van der Waals surface area contributed by atoms with Crippen LogP contribution < -0.4 is 5.32 Å². The molecule has 0 saturated carbocycles. The van der Waals surface area contributed by atoms with E-state index in [1.54, 1.807) is 19.4 Å². The zero-order valence-corrected chi connectivity index (χ0v) is 15.1. The van der Waals surface area contributed by atoms with Gasteiger partial charge in [0.15, 0.2) is 0 Å². The van der Waals surface area contributed by atoms with Crippen molar-refractivity contribution < 1.29 is 14.0 Å². The molecule has 2 aromatic heterocycles. The number of nitrogens with zero attached hydrogens (tertiary/aromatic N) is 1. The molecule has 2 heterocycles. The number of likely N-dealkylation sites (N-methyl/N-ethyl adjacent to an activating group) is 1. The molecule has 0 spiro atoms. The molecule has 0 radical (unpaired) electrons. The van der Waals surface area contributed by atoms with Crippen LogP contribution in [0.4, 0.5) is 0 Å². The van der Waals surface area contributed by atoms with Gasteiger partial charge in [0.05, 0.1) is 27.5 Å². The Hall–Kier alpha value is -1.60. The van der Waals surface area contributed by atoms with E-state index in [9.17, 15) is 9.59 Å². The number of aryl methyl sites for hydroxylation is 1. The Kier molecular flexibility index (Phi) is 4.87. The average Bonchev–Trinajstić information content (AvgIpc) is 3.15. The minimum absolute atomic E-state index is 0.0237. The van der Waals surface area contributed by atoms with Crippen LogP contribution in [0.3, 0.4) is 0 Å². The third-order valence-corrected chi connectivity index (χ3v) is 5.51. The van der Waals surface area contributed by atoms with Crippen LogP contribution in [0.2, 0.25) is 0 Å². The molecule has 0 saturated heterocycles. The van der Waals surface area contributed by atoms with Crippen molar-refractivity contribution in [1.29, 1.82) is 0 Å². The highest BCUT2D eigenvalue weighted by molar-refractivity contribution is 9.11. The Morgan fingerprint density at radius 2 is 2.26 bits per heavy atom. The first kappa shape index (κ1) is 16.3. The van der Waals surface area contributed by atoms with Gasteiger partial charge < -0.3 is 14.6 Å². The van der Waals surface area contributed by atoms with Crippen LogP contribution in [0.25, 0.3) is 0 Å². The van der Waals surface area contributed by atoms with Gasteiger partial charge in [-0.05, 0) is 47.0 Å². The monoisotopic (exact) mass is 396 g/mol. The number of hydrogen-bond donors (Lipinski definition) is 1. The summed E-state index contributed by atoms with van der Waals surface area (Å²) in [6.07, 6.45) is 4.47. The van der Waals surface area contributed by atoms with Crippen molar-refractivity contribution >= 4 is 39.1 Å². The van der Waals surface area contributed by atoms with E-state index in [1.807, 2.05) is 12.1 Å². The van der Waals surface area contributed by atoms with Crippen molar-refractivity contribution in [2.24, 2.45) is 0 Å². The molecule has 0 aromatic carbocycles. The van der Waals surface area contributed by atoms with Crippen molar-refractivity contribution in [3.05, 3.63) is 44.4 Å². The first-order chi connectivity index (χ1) is 11.0. The topological polar surface area (TPSA) is 62.6 Å². The molecule has 1 N–H and O–H groups in total. The lowest BCUT2D eigenvalue weighted by Gasteiger charge is -2.24. The van der Waals surface area contributed by atoms with Gasteiger partial charge in [-0.2, -0.15) is 0 Å². The average molecular weight is 397 g/mol. The Bertz CT molecular complexity index is 724. The highest BCUT2D eigenvalue weighted by atomic mass is 79.9. The molecule has 1 aliphatic rings. The summed E-state index contributed by atoms with van der Waals surface area (Å²) in [6, 6.07) is 5.47. The van der Waals surface area contributed by atoms with Gasteiger partial charge in [-0.1, -0.05) is 0 Å². The van der Waals surface area contributed by atoms with Crippen LogP contribution in [0.1, 0.15) is 39.9 Å². The summed E-state index contributed by atoms with van der Waals surface area (Å²) in [4.78, 5) is 26.6. The fourth-order valence-corrected chi connectivity index (χ4v) is 4.16. The lowest BCUT2D eigenvalue weighted by atomic mass is 9.93. The number of nitrogens with one attached hydrogen (secondary N) is 1. The van der Waals surface area contributed by atoms with E-state index >= 15 is 0 Å². The predicted octanol–water partition coefficient (Wildman–Crippen LogP) is 3.37. The van der Waals surface area contributed by atoms with Gasteiger partial charge in [-0.25, -0.2) is 0 Å². The summed E-state index contributed by atoms with van der Waals surface area (Å²) in [5.41, 5.74) is 1.06. The van der Waals surface area contributed by atoms with Crippen LogP contribution in [0, 0.1) is 0 Å². The summed E-state index contributed by atoms with van der Waals surface area (Å²) < 4.78 is 6.32. The quantitative estimate of drug-likeness (QED) is 0.861. The number of carbonyl (C=O) groups excluding carboxylic acids is 2. The molecule has 0 bridgehead atoms. The molecule has 5 nitrogen and oxygen atoms in total. The fraction of sp³-hybridized carbons (Fsp3) is 0.375. The van der Waals surface area contributed by atoms with E-state index in [0.29, 0.717) is 4.88 Å². The second kappa shape index (κ2) is 6.88. The molecule has 1 aliphatic carbocycles. The molecule has 1 atom stereocenters. The minimum Gasteiger partial charge on any atom is -0.469 e. The number of thiophene rings is 1. The second-order valence-electron chi connectivity index (χ2n) is 5.58. The summed E-state index contributed by atoms with van der Waals surface area (Å²) >= 11 is 4.70. The number of rotatable bonds is 4. The lowest BCUT2D eigenvalue weighted by Crippen LogP contribution is -2.40. The van der Waals surface area contributed by atoms with Gasteiger partial charge in [0.25, 0.3) is 5.91 Å². The first-order valence-electron chi connectivity index (χ1n) is 7.41. The Labute approximate surface area is 146 Å². The van der Waals surface area contributed by atoms with Crippen molar-refractivity contribution in [1.82, 2.24) is 10.2 Å². The minimum atomic E-state index is -0.157. The zero-order chi connectivity index (χ0) is 16.4. The zero-order valence-electron chi connectivity index (χ0n) is 12.7. The van der Waals surface area contributed by atoms with E-state index in [4.69, 9.17) is 4.42 Å². The van der Waals surface area contributed by atoms with Crippen LogP contribution in [-0.2, 0) is 11.2 Å². The molecular formula is C16H17BrN2O3S. The van der Waals surface area contributed by atoms with Crippen LogP contribution in [0.15, 0.2) is 32.7 Å². The maximum absolute atomic E-state index is 12.3. The van der Waals surface area contributed by atoms with E-state index in [2.05, 4.69) is 21.2 Å². The predicted molar refractivity (Wildman–Crippen MR) is 91.5 cm³/mol. The highest BCUT2D eigenvalue weighted by Crippen LogP contribution is 2.30. The van der Waals surface area contributed by atoms with Crippen molar-refractivity contribution in [3.63, 3.8) is 0 Å². The largest absolute Gasteiger partial charge is 0.469 e. The smallest absolute Gasteiger partial charge is 0.264 e. The molecular weight excluding hydrogens is 380 g/mol. The maximum atomic E-state index is 12.3. The molecule has 7 heteroatoms. The Balaban J connectivity index is 1.59. The third kappa shape index (κ3) is 3.67. The van der Waals surface area contributed by atoms with Crippen LogP contribution in [-0.4, -0.2) is 30.3 Å². The number of fused-ring (bicyclic) bond motifs is 1. The van der Waals surface area contributed by atoms with Crippen molar-refractivity contribution in [2.45, 2.75) is 25.3 Å². The number of amides is 2. The van der Waals surface area contributed by atoms with Gasteiger partial charge >= 0.3 is 0 Å². The maximum Gasteiger partial charge on any atom is 0.264 e. The molecule has 23 heavy (non-hydrogen) atoms.